The number of nitrogens with zero attached hydrogens (tertiary/aromatic N) is 1. The van der Waals surface area contributed by atoms with E-state index in [4.69, 9.17) is 0 Å². The highest BCUT2D eigenvalue weighted by atomic mass is 19.4. The van der Waals surface area contributed by atoms with Gasteiger partial charge in [-0.1, -0.05) is 6.07 Å². The van der Waals surface area contributed by atoms with E-state index < -0.39 is 24.6 Å². The van der Waals surface area contributed by atoms with Crippen LogP contribution in [0, 0.1) is 0 Å². The summed E-state index contributed by atoms with van der Waals surface area (Å²) < 4.78 is 41.7. The van der Waals surface area contributed by atoms with Crippen LogP contribution in [0.2, 0.25) is 0 Å². The number of hydrogen-bond acceptors (Lipinski definition) is 4. The second-order valence-corrected chi connectivity index (χ2v) is 6.17. The van der Waals surface area contributed by atoms with E-state index in [9.17, 15) is 22.8 Å². The molecule has 1 heterocycles. The number of carbonyl (C=O) groups excluding carboxylic acids is 2. The summed E-state index contributed by atoms with van der Waals surface area (Å²) in [5.41, 5.74) is 0.659. The Kier molecular flexibility index (Phi) is 5.67. The van der Waals surface area contributed by atoms with Crippen LogP contribution in [0.3, 0.4) is 0 Å². The summed E-state index contributed by atoms with van der Waals surface area (Å²) in [5, 5.41) is 7.97. The third kappa shape index (κ3) is 5.86. The Balaban J connectivity index is 1.66. The predicted octanol–water partition coefficient (Wildman–Crippen LogP) is 3.56. The zero-order chi connectivity index (χ0) is 20.1. The van der Waals surface area contributed by atoms with Crippen molar-refractivity contribution < 1.29 is 27.5 Å². The number of carbonyl (C=O) groups is 2. The molecule has 1 aliphatic rings. The van der Waals surface area contributed by atoms with Crippen molar-refractivity contribution in [1.29, 1.82) is 0 Å². The van der Waals surface area contributed by atoms with Gasteiger partial charge in [0.25, 0.3) is 5.91 Å². The fraction of sp³-hybridized carbons (Fsp3) is 0.278. The normalized spacial score (nSPS) is 13.5. The number of ether oxygens (including phenoxy) is 1. The monoisotopic (exact) mass is 394 g/mol. The number of aromatic nitrogens is 1. The molecule has 3 amide bonds. The molecule has 1 aromatic carbocycles. The first-order valence-electron chi connectivity index (χ1n) is 8.44. The minimum absolute atomic E-state index is 0.142. The number of hydrogen-bond donors (Lipinski definition) is 3. The molecule has 0 spiro atoms. The lowest BCUT2D eigenvalue weighted by atomic mass is 10.2. The average molecular weight is 394 g/mol. The number of rotatable bonds is 6. The van der Waals surface area contributed by atoms with Gasteiger partial charge in [-0.15, -0.1) is 0 Å². The van der Waals surface area contributed by atoms with Gasteiger partial charge in [0, 0.05) is 23.6 Å². The van der Waals surface area contributed by atoms with Gasteiger partial charge in [-0.25, -0.2) is 9.78 Å². The molecule has 0 radical (unpaired) electrons. The molecule has 3 rings (SSSR count). The van der Waals surface area contributed by atoms with Crippen LogP contribution >= 0.6 is 0 Å². The van der Waals surface area contributed by atoms with E-state index in [1.54, 1.807) is 18.2 Å². The van der Waals surface area contributed by atoms with E-state index in [1.165, 1.54) is 24.4 Å². The molecule has 2 aromatic rings. The Morgan fingerprint density at radius 3 is 2.50 bits per heavy atom. The van der Waals surface area contributed by atoms with E-state index in [2.05, 4.69) is 25.7 Å². The van der Waals surface area contributed by atoms with Gasteiger partial charge < -0.3 is 20.7 Å². The smallest absolute Gasteiger partial charge is 0.422 e. The molecule has 1 saturated carbocycles. The van der Waals surface area contributed by atoms with Crippen LogP contribution in [-0.2, 0) is 0 Å². The summed E-state index contributed by atoms with van der Waals surface area (Å²) in [6.07, 6.45) is -1.42. The average Bonchev–Trinajstić information content (AvgIpc) is 3.43. The van der Waals surface area contributed by atoms with Gasteiger partial charge in [-0.05, 0) is 43.2 Å². The van der Waals surface area contributed by atoms with Crippen LogP contribution in [0.15, 0.2) is 42.6 Å². The minimum atomic E-state index is -4.55. The molecule has 1 aromatic heterocycles. The number of amides is 3. The number of halogens is 3. The molecule has 148 valence electrons. The Labute approximate surface area is 158 Å². The van der Waals surface area contributed by atoms with E-state index in [1.807, 2.05) is 0 Å². The first-order chi connectivity index (χ1) is 13.3. The van der Waals surface area contributed by atoms with Crippen molar-refractivity contribution >= 4 is 23.3 Å². The van der Waals surface area contributed by atoms with Gasteiger partial charge in [0.1, 0.15) is 5.56 Å². The highest BCUT2D eigenvalue weighted by Crippen LogP contribution is 2.22. The standard InChI is InChI=1S/C18H17F3N4O3/c19-18(20,21)10-28-16-14(5-2-8-22-16)15(26)23-12-3-1-4-13(9-12)25-17(27)24-11-6-7-11/h1-5,8-9,11H,6-7,10H2,(H,23,26)(H2,24,25,27). The molecule has 0 saturated heterocycles. The van der Waals surface area contributed by atoms with E-state index in [0.717, 1.165) is 12.8 Å². The molecule has 0 unspecified atom stereocenters. The van der Waals surface area contributed by atoms with Crippen LogP contribution in [0.5, 0.6) is 5.88 Å². The van der Waals surface area contributed by atoms with Gasteiger partial charge in [-0.3, -0.25) is 4.79 Å². The topological polar surface area (TPSA) is 92.4 Å². The van der Waals surface area contributed by atoms with Gasteiger partial charge in [0.2, 0.25) is 5.88 Å². The SMILES string of the molecule is O=C(Nc1cccc(NC(=O)c2cccnc2OCC(F)(F)F)c1)NC1CC1. The van der Waals surface area contributed by atoms with Crippen molar-refractivity contribution in [2.75, 3.05) is 17.2 Å². The molecular formula is C18H17F3N4O3. The molecule has 3 N–H and O–H groups in total. The molecule has 7 nitrogen and oxygen atoms in total. The van der Waals surface area contributed by atoms with Crippen LogP contribution in [0.25, 0.3) is 0 Å². The van der Waals surface area contributed by atoms with Gasteiger partial charge in [0.15, 0.2) is 6.61 Å². The van der Waals surface area contributed by atoms with Crippen LogP contribution < -0.4 is 20.7 Å². The van der Waals surface area contributed by atoms with Crippen molar-refractivity contribution in [2.45, 2.75) is 25.1 Å². The summed E-state index contributed by atoms with van der Waals surface area (Å²) in [6, 6.07) is 8.93. The first-order valence-corrected chi connectivity index (χ1v) is 8.44. The summed E-state index contributed by atoms with van der Waals surface area (Å²) in [7, 11) is 0. The van der Waals surface area contributed by atoms with Crippen molar-refractivity contribution in [2.24, 2.45) is 0 Å². The van der Waals surface area contributed by atoms with Gasteiger partial charge in [0.05, 0.1) is 0 Å². The Hall–Kier alpha value is -3.30. The fourth-order valence-corrected chi connectivity index (χ4v) is 2.28. The van der Waals surface area contributed by atoms with Crippen LogP contribution in [0.4, 0.5) is 29.3 Å². The second-order valence-electron chi connectivity index (χ2n) is 6.17. The second kappa shape index (κ2) is 8.15. The highest BCUT2D eigenvalue weighted by molar-refractivity contribution is 6.06. The fourth-order valence-electron chi connectivity index (χ4n) is 2.28. The maximum absolute atomic E-state index is 12.4. The predicted molar refractivity (Wildman–Crippen MR) is 95.4 cm³/mol. The maximum atomic E-state index is 12.4. The van der Waals surface area contributed by atoms with Crippen molar-refractivity contribution in [3.63, 3.8) is 0 Å². The number of nitrogens with one attached hydrogen (secondary N) is 3. The maximum Gasteiger partial charge on any atom is 0.422 e. The van der Waals surface area contributed by atoms with E-state index >= 15 is 0 Å². The van der Waals surface area contributed by atoms with E-state index in [0.29, 0.717) is 11.4 Å². The number of benzene rings is 1. The lowest BCUT2D eigenvalue weighted by molar-refractivity contribution is -0.154. The number of anilines is 2. The van der Waals surface area contributed by atoms with Crippen molar-refractivity contribution in [3.05, 3.63) is 48.2 Å². The van der Waals surface area contributed by atoms with Crippen molar-refractivity contribution in [1.82, 2.24) is 10.3 Å². The lowest BCUT2D eigenvalue weighted by Crippen LogP contribution is -2.30. The zero-order valence-electron chi connectivity index (χ0n) is 14.5. The first kappa shape index (κ1) is 19.5. The zero-order valence-corrected chi connectivity index (χ0v) is 14.5. The highest BCUT2D eigenvalue weighted by Gasteiger charge is 2.29. The third-order valence-electron chi connectivity index (χ3n) is 3.68. The molecular weight excluding hydrogens is 377 g/mol. The number of alkyl halides is 3. The Morgan fingerprint density at radius 2 is 1.82 bits per heavy atom. The minimum Gasteiger partial charge on any atom is -0.467 e. The van der Waals surface area contributed by atoms with Crippen LogP contribution in [-0.4, -0.2) is 35.7 Å². The quantitative estimate of drug-likeness (QED) is 0.699. The lowest BCUT2D eigenvalue weighted by Gasteiger charge is -2.12. The Morgan fingerprint density at radius 1 is 1.11 bits per heavy atom. The van der Waals surface area contributed by atoms with Crippen LogP contribution in [0.1, 0.15) is 23.2 Å². The molecule has 10 heteroatoms. The molecule has 0 aliphatic heterocycles. The molecule has 1 aliphatic carbocycles. The number of pyridine rings is 1. The van der Waals surface area contributed by atoms with E-state index in [-0.39, 0.29) is 17.6 Å². The molecule has 0 bridgehead atoms. The largest absolute Gasteiger partial charge is 0.467 e. The summed E-state index contributed by atoms with van der Waals surface area (Å²) in [4.78, 5) is 27.9. The molecule has 1 fully saturated rings. The third-order valence-corrected chi connectivity index (χ3v) is 3.68. The number of urea groups is 1. The van der Waals surface area contributed by atoms with Crippen molar-refractivity contribution in [3.8, 4) is 5.88 Å². The summed E-state index contributed by atoms with van der Waals surface area (Å²) in [5.74, 6) is -1.11. The van der Waals surface area contributed by atoms with Gasteiger partial charge >= 0.3 is 12.2 Å². The summed E-state index contributed by atoms with van der Waals surface area (Å²) >= 11 is 0. The molecule has 0 atom stereocenters. The molecule has 28 heavy (non-hydrogen) atoms. The summed E-state index contributed by atoms with van der Waals surface area (Å²) in [6.45, 7) is -1.56. The van der Waals surface area contributed by atoms with Gasteiger partial charge in [-0.2, -0.15) is 13.2 Å². The Bertz CT molecular complexity index is 869.